The van der Waals surface area contributed by atoms with Crippen LogP contribution in [0, 0.1) is 0 Å². The molecule has 1 atom stereocenters. The van der Waals surface area contributed by atoms with Gasteiger partial charge >= 0.3 is 6.18 Å². The minimum absolute atomic E-state index is 0.0555. The van der Waals surface area contributed by atoms with Crippen molar-refractivity contribution in [1.29, 1.82) is 0 Å². The molecule has 0 saturated carbocycles. The predicted octanol–water partition coefficient (Wildman–Crippen LogP) is 4.21. The third-order valence-corrected chi connectivity index (χ3v) is 8.08. The third-order valence-electron chi connectivity index (χ3n) is 5.54. The lowest BCUT2D eigenvalue weighted by molar-refractivity contribution is -0.137. The molecule has 35 heavy (non-hydrogen) atoms. The number of hydrogen-bond donors (Lipinski definition) is 1. The van der Waals surface area contributed by atoms with Crippen LogP contribution in [0.5, 0.6) is 5.75 Å². The van der Waals surface area contributed by atoms with Crippen molar-refractivity contribution in [3.63, 3.8) is 0 Å². The fourth-order valence-corrected chi connectivity index (χ4v) is 6.21. The molecule has 1 fully saturated rings. The van der Waals surface area contributed by atoms with E-state index in [-0.39, 0.29) is 24.7 Å². The quantitative estimate of drug-likeness (QED) is 0.476. The molecule has 1 saturated heterocycles. The van der Waals surface area contributed by atoms with Gasteiger partial charge in [-0.1, -0.05) is 24.3 Å². The van der Waals surface area contributed by atoms with Crippen LogP contribution in [0.25, 0.3) is 0 Å². The number of ether oxygens (including phenoxy) is 1. The van der Waals surface area contributed by atoms with Gasteiger partial charge in [-0.3, -0.25) is 4.79 Å². The van der Waals surface area contributed by atoms with Gasteiger partial charge in [-0.05, 0) is 48.2 Å². The maximum atomic E-state index is 12.8. The summed E-state index contributed by atoms with van der Waals surface area (Å²) in [5, 5.41) is 4.17. The Bertz CT molecular complexity index is 1260. The molecule has 0 aliphatic carbocycles. The van der Waals surface area contributed by atoms with E-state index in [4.69, 9.17) is 4.74 Å². The van der Waals surface area contributed by atoms with Crippen molar-refractivity contribution < 1.29 is 31.1 Å². The Morgan fingerprint density at radius 1 is 1.17 bits per heavy atom. The molecule has 0 bridgehead atoms. The maximum Gasteiger partial charge on any atom is 0.416 e. The molecule has 2 heterocycles. The van der Waals surface area contributed by atoms with Gasteiger partial charge in [-0.2, -0.15) is 17.5 Å². The summed E-state index contributed by atoms with van der Waals surface area (Å²) in [6, 6.07) is 10.9. The maximum absolute atomic E-state index is 12.8. The van der Waals surface area contributed by atoms with E-state index in [0.29, 0.717) is 24.2 Å². The molecule has 1 amide bonds. The van der Waals surface area contributed by atoms with Crippen molar-refractivity contribution in [1.82, 2.24) is 14.6 Å². The van der Waals surface area contributed by atoms with Crippen molar-refractivity contribution in [2.45, 2.75) is 43.2 Å². The largest absolute Gasteiger partial charge is 0.489 e. The van der Waals surface area contributed by atoms with E-state index in [9.17, 15) is 26.4 Å². The molecule has 2 aromatic carbocycles. The van der Waals surface area contributed by atoms with Gasteiger partial charge < -0.3 is 10.1 Å². The highest BCUT2D eigenvalue weighted by atomic mass is 32.2. The second kappa shape index (κ2) is 10.3. The van der Waals surface area contributed by atoms with E-state index in [0.717, 1.165) is 17.7 Å². The Balaban J connectivity index is 1.33. The normalized spacial score (nSPS) is 16.8. The van der Waals surface area contributed by atoms with Gasteiger partial charge in [-0.25, -0.2) is 13.4 Å². The molecule has 186 valence electrons. The van der Waals surface area contributed by atoms with Crippen LogP contribution in [0.3, 0.4) is 0 Å². The Hall–Kier alpha value is -2.96. The van der Waals surface area contributed by atoms with Gasteiger partial charge in [0.25, 0.3) is 10.0 Å². The number of hydrogen-bond acceptors (Lipinski definition) is 6. The van der Waals surface area contributed by atoms with Crippen molar-refractivity contribution >= 4 is 27.3 Å². The summed E-state index contributed by atoms with van der Waals surface area (Å²) in [6.45, 7) is 0.502. The Morgan fingerprint density at radius 2 is 1.94 bits per heavy atom. The number of carbonyl (C=O) groups is 1. The van der Waals surface area contributed by atoms with Crippen LogP contribution < -0.4 is 10.1 Å². The molecular formula is C23H22F3N3O4S2. The smallest absolute Gasteiger partial charge is 0.416 e. The van der Waals surface area contributed by atoms with Crippen LogP contribution in [0.1, 0.15) is 29.5 Å². The van der Waals surface area contributed by atoms with Gasteiger partial charge in [0.05, 0.1) is 11.1 Å². The lowest BCUT2D eigenvalue weighted by Crippen LogP contribution is -2.45. The molecule has 1 aromatic heterocycles. The summed E-state index contributed by atoms with van der Waals surface area (Å²) in [7, 11) is -3.83. The fraction of sp³-hybridized carbons (Fsp3) is 0.304. The van der Waals surface area contributed by atoms with Crippen LogP contribution in [-0.4, -0.2) is 36.2 Å². The van der Waals surface area contributed by atoms with Crippen molar-refractivity contribution in [3.8, 4) is 5.75 Å². The zero-order chi connectivity index (χ0) is 25.1. The molecule has 7 nitrogen and oxygen atoms in total. The first-order chi connectivity index (χ1) is 16.6. The highest BCUT2D eigenvalue weighted by Gasteiger charge is 2.40. The SMILES string of the molecule is O=C(NCc1cccc(OCc2ccc(C(F)(F)F)cc2)c1)[C@@H]1CCCN1S(=O)(=O)c1cscn1. The number of halogens is 3. The van der Waals surface area contributed by atoms with Crippen LogP contribution in [0.15, 0.2) is 64.4 Å². The number of benzene rings is 2. The van der Waals surface area contributed by atoms with E-state index in [2.05, 4.69) is 10.3 Å². The van der Waals surface area contributed by atoms with Crippen molar-refractivity contribution in [2.24, 2.45) is 0 Å². The predicted molar refractivity (Wildman–Crippen MR) is 123 cm³/mol. The number of rotatable bonds is 8. The summed E-state index contributed by atoms with van der Waals surface area (Å²) < 4.78 is 70.6. The third kappa shape index (κ3) is 6.00. The minimum Gasteiger partial charge on any atom is -0.489 e. The van der Waals surface area contributed by atoms with Crippen LogP contribution in [0.2, 0.25) is 0 Å². The van der Waals surface area contributed by atoms with E-state index < -0.39 is 33.7 Å². The minimum atomic E-state index is -4.39. The zero-order valence-electron chi connectivity index (χ0n) is 18.4. The molecule has 0 unspecified atom stereocenters. The molecule has 1 N–H and O–H groups in total. The molecule has 1 aliphatic rings. The number of nitrogens with zero attached hydrogens (tertiary/aromatic N) is 2. The standard InChI is InChI=1S/C23H22F3N3O4S2/c24-23(25,26)18-8-6-16(7-9-18)13-33-19-4-1-3-17(11-19)12-27-22(30)20-5-2-10-29(20)35(31,32)21-14-34-15-28-21/h1,3-4,6-9,11,14-15,20H,2,5,10,12-13H2,(H,27,30)/t20-/m0/s1. The Labute approximate surface area is 204 Å². The lowest BCUT2D eigenvalue weighted by atomic mass is 10.1. The van der Waals surface area contributed by atoms with Crippen molar-refractivity contribution in [2.75, 3.05) is 6.54 Å². The van der Waals surface area contributed by atoms with Gasteiger partial charge in [0.1, 0.15) is 18.4 Å². The number of sulfonamides is 1. The molecule has 4 rings (SSSR count). The van der Waals surface area contributed by atoms with Gasteiger partial charge in [0.2, 0.25) is 5.91 Å². The molecule has 1 aliphatic heterocycles. The average Bonchev–Trinajstić information content (AvgIpc) is 3.54. The van der Waals surface area contributed by atoms with Gasteiger partial charge in [-0.15, -0.1) is 11.3 Å². The summed E-state index contributed by atoms with van der Waals surface area (Å²) in [6.07, 6.45) is -3.39. The molecule has 3 aromatic rings. The summed E-state index contributed by atoms with van der Waals surface area (Å²) in [5.74, 6) is 0.0997. The number of nitrogens with one attached hydrogen (secondary N) is 1. The molecule has 0 spiro atoms. The lowest BCUT2D eigenvalue weighted by Gasteiger charge is -2.22. The molecule has 12 heteroatoms. The van der Waals surface area contributed by atoms with E-state index in [1.807, 2.05) is 0 Å². The topological polar surface area (TPSA) is 88.6 Å². The second-order valence-corrected chi connectivity index (χ2v) is 10.5. The summed E-state index contributed by atoms with van der Waals surface area (Å²) >= 11 is 1.17. The highest BCUT2D eigenvalue weighted by molar-refractivity contribution is 7.89. The monoisotopic (exact) mass is 525 g/mol. The molecule has 0 radical (unpaired) electrons. The van der Waals surface area contributed by atoms with E-state index in [1.54, 1.807) is 24.3 Å². The van der Waals surface area contributed by atoms with Gasteiger partial charge in [0, 0.05) is 18.5 Å². The number of carbonyl (C=O) groups excluding carboxylic acids is 1. The van der Waals surface area contributed by atoms with Crippen molar-refractivity contribution in [3.05, 3.63) is 76.1 Å². The Morgan fingerprint density at radius 3 is 2.63 bits per heavy atom. The summed E-state index contributed by atoms with van der Waals surface area (Å²) in [5.41, 5.74) is 2.03. The number of thiazole rings is 1. The zero-order valence-corrected chi connectivity index (χ0v) is 20.0. The van der Waals surface area contributed by atoms with E-state index in [1.165, 1.54) is 38.7 Å². The van der Waals surface area contributed by atoms with Crippen LogP contribution >= 0.6 is 11.3 Å². The second-order valence-electron chi connectivity index (χ2n) is 7.95. The fourth-order valence-electron chi connectivity index (χ4n) is 3.75. The highest BCUT2D eigenvalue weighted by Crippen LogP contribution is 2.29. The molecular weight excluding hydrogens is 503 g/mol. The Kier molecular flexibility index (Phi) is 7.43. The first kappa shape index (κ1) is 25.1. The number of amides is 1. The van der Waals surface area contributed by atoms with Gasteiger partial charge in [0.15, 0.2) is 5.03 Å². The average molecular weight is 526 g/mol. The first-order valence-electron chi connectivity index (χ1n) is 10.7. The number of alkyl halides is 3. The summed E-state index contributed by atoms with van der Waals surface area (Å²) in [4.78, 5) is 16.7. The first-order valence-corrected chi connectivity index (χ1v) is 13.1. The van der Waals surface area contributed by atoms with Crippen LogP contribution in [-0.2, 0) is 34.1 Å². The van der Waals surface area contributed by atoms with E-state index >= 15 is 0 Å². The number of aromatic nitrogens is 1. The van der Waals surface area contributed by atoms with Crippen LogP contribution in [0.4, 0.5) is 13.2 Å².